The molecule has 0 heterocycles. The molecule has 0 aromatic heterocycles. The highest BCUT2D eigenvalue weighted by molar-refractivity contribution is 9.09. The molecule has 0 N–H and O–H groups in total. The third-order valence-corrected chi connectivity index (χ3v) is 3.92. The molecule has 1 aromatic rings. The summed E-state index contributed by atoms with van der Waals surface area (Å²) in [7, 11) is 2.17. The molecule has 1 unspecified atom stereocenters. The maximum atomic E-state index is 3.51. The van der Waals surface area contributed by atoms with Gasteiger partial charge >= 0.3 is 0 Å². The van der Waals surface area contributed by atoms with Gasteiger partial charge in [0.15, 0.2) is 0 Å². The Balaban J connectivity index is 2.68. The summed E-state index contributed by atoms with van der Waals surface area (Å²) in [6.45, 7) is 7.58. The van der Waals surface area contributed by atoms with E-state index in [1.165, 1.54) is 16.7 Å². The molecule has 0 aliphatic heterocycles. The number of benzene rings is 1. The van der Waals surface area contributed by atoms with Crippen LogP contribution in [0.3, 0.4) is 0 Å². The first-order valence-electron chi connectivity index (χ1n) is 5.37. The molecule has 15 heavy (non-hydrogen) atoms. The zero-order chi connectivity index (χ0) is 11.4. The minimum absolute atomic E-state index is 0.576. The normalized spacial score (nSPS) is 13.2. The lowest BCUT2D eigenvalue weighted by molar-refractivity contribution is 0.270. The molecular weight excluding hydrogens is 250 g/mol. The summed E-state index contributed by atoms with van der Waals surface area (Å²) in [5, 5.41) is 1.02. The first kappa shape index (κ1) is 12.7. The quantitative estimate of drug-likeness (QED) is 0.757. The van der Waals surface area contributed by atoms with Gasteiger partial charge in [-0.25, -0.2) is 0 Å². The van der Waals surface area contributed by atoms with Crippen LogP contribution < -0.4 is 0 Å². The molecule has 0 aliphatic carbocycles. The van der Waals surface area contributed by atoms with Gasteiger partial charge in [0.05, 0.1) is 0 Å². The van der Waals surface area contributed by atoms with Gasteiger partial charge in [0, 0.05) is 17.9 Å². The number of alkyl halides is 1. The van der Waals surface area contributed by atoms with Gasteiger partial charge in [-0.15, -0.1) is 0 Å². The second-order valence-electron chi connectivity index (χ2n) is 4.34. The van der Waals surface area contributed by atoms with Gasteiger partial charge in [-0.05, 0) is 44.5 Å². The van der Waals surface area contributed by atoms with Crippen LogP contribution in [0.5, 0.6) is 0 Å². The third kappa shape index (κ3) is 3.62. The number of hydrogen-bond donors (Lipinski definition) is 0. The summed E-state index contributed by atoms with van der Waals surface area (Å²) in [4.78, 5) is 2.36. The lowest BCUT2D eigenvalue weighted by Crippen LogP contribution is -2.29. The predicted molar refractivity (Wildman–Crippen MR) is 70.6 cm³/mol. The number of halogens is 1. The van der Waals surface area contributed by atoms with Crippen LogP contribution in [0.25, 0.3) is 0 Å². The Morgan fingerprint density at radius 3 is 2.47 bits per heavy atom. The van der Waals surface area contributed by atoms with Crippen molar-refractivity contribution < 1.29 is 0 Å². The van der Waals surface area contributed by atoms with E-state index in [2.05, 4.69) is 66.8 Å². The first-order chi connectivity index (χ1) is 7.04. The van der Waals surface area contributed by atoms with Crippen molar-refractivity contribution in [2.75, 3.05) is 12.4 Å². The standard InChI is InChI=1S/C13H20BrN/c1-10-5-6-13(7-11(10)2)9-15(4)12(3)8-14/h5-7,12H,8-9H2,1-4H3. The number of aryl methyl sites for hydroxylation is 2. The molecule has 1 nitrogen and oxygen atoms in total. The molecule has 0 saturated carbocycles. The molecule has 1 rings (SSSR count). The molecule has 0 amide bonds. The Morgan fingerprint density at radius 1 is 1.27 bits per heavy atom. The number of nitrogens with zero attached hydrogens (tertiary/aromatic N) is 1. The summed E-state index contributed by atoms with van der Waals surface area (Å²) in [6, 6.07) is 7.29. The van der Waals surface area contributed by atoms with Crippen molar-refractivity contribution in [3.05, 3.63) is 34.9 Å². The van der Waals surface area contributed by atoms with Crippen molar-refractivity contribution in [2.45, 2.75) is 33.4 Å². The molecular formula is C13H20BrN. The maximum absolute atomic E-state index is 3.51. The summed E-state index contributed by atoms with van der Waals surface area (Å²) in [5.74, 6) is 0. The van der Waals surface area contributed by atoms with Crippen molar-refractivity contribution in [3.63, 3.8) is 0 Å². The fourth-order valence-corrected chi connectivity index (χ4v) is 1.96. The van der Waals surface area contributed by atoms with Gasteiger partial charge < -0.3 is 0 Å². The molecule has 84 valence electrons. The third-order valence-electron chi connectivity index (χ3n) is 2.98. The van der Waals surface area contributed by atoms with Crippen LogP contribution in [0.2, 0.25) is 0 Å². The maximum Gasteiger partial charge on any atom is 0.0233 e. The average Bonchev–Trinajstić information content (AvgIpc) is 2.22. The van der Waals surface area contributed by atoms with E-state index in [0.29, 0.717) is 6.04 Å². The average molecular weight is 270 g/mol. The number of rotatable bonds is 4. The van der Waals surface area contributed by atoms with Crippen LogP contribution in [-0.2, 0) is 6.54 Å². The summed E-state index contributed by atoms with van der Waals surface area (Å²) >= 11 is 3.51. The van der Waals surface area contributed by atoms with Gasteiger partial charge in [-0.2, -0.15) is 0 Å². The van der Waals surface area contributed by atoms with E-state index in [1.807, 2.05) is 0 Å². The molecule has 2 heteroatoms. The van der Waals surface area contributed by atoms with Gasteiger partial charge in [-0.3, -0.25) is 4.90 Å². The second-order valence-corrected chi connectivity index (χ2v) is 4.98. The molecule has 1 atom stereocenters. The Kier molecular flexibility index (Phi) is 4.81. The van der Waals surface area contributed by atoms with E-state index in [1.54, 1.807) is 0 Å². The molecule has 0 fully saturated rings. The van der Waals surface area contributed by atoms with Crippen molar-refractivity contribution in [1.82, 2.24) is 4.90 Å². The second kappa shape index (κ2) is 5.66. The topological polar surface area (TPSA) is 3.24 Å². The van der Waals surface area contributed by atoms with Gasteiger partial charge in [0.2, 0.25) is 0 Å². The Hall–Kier alpha value is -0.340. The molecule has 1 aromatic carbocycles. The highest BCUT2D eigenvalue weighted by Gasteiger charge is 2.08. The van der Waals surface area contributed by atoms with Gasteiger partial charge in [0.25, 0.3) is 0 Å². The van der Waals surface area contributed by atoms with Crippen molar-refractivity contribution in [2.24, 2.45) is 0 Å². The van der Waals surface area contributed by atoms with Gasteiger partial charge in [-0.1, -0.05) is 34.1 Å². The van der Waals surface area contributed by atoms with E-state index >= 15 is 0 Å². The lowest BCUT2D eigenvalue weighted by atomic mass is 10.1. The molecule has 0 radical (unpaired) electrons. The minimum atomic E-state index is 0.576. The predicted octanol–water partition coefficient (Wildman–Crippen LogP) is 3.52. The SMILES string of the molecule is Cc1ccc(CN(C)C(C)CBr)cc1C. The van der Waals surface area contributed by atoms with E-state index < -0.39 is 0 Å². The van der Waals surface area contributed by atoms with E-state index in [9.17, 15) is 0 Å². The Morgan fingerprint density at radius 2 is 1.93 bits per heavy atom. The van der Waals surface area contributed by atoms with Crippen molar-refractivity contribution >= 4 is 15.9 Å². The summed E-state index contributed by atoms with van der Waals surface area (Å²) in [6.07, 6.45) is 0. The van der Waals surface area contributed by atoms with Crippen LogP contribution in [0, 0.1) is 13.8 Å². The summed E-state index contributed by atoms with van der Waals surface area (Å²) in [5.41, 5.74) is 4.15. The smallest absolute Gasteiger partial charge is 0.0233 e. The van der Waals surface area contributed by atoms with Crippen LogP contribution in [0.1, 0.15) is 23.6 Å². The Labute approximate surface area is 102 Å². The van der Waals surface area contributed by atoms with E-state index in [0.717, 1.165) is 11.9 Å². The minimum Gasteiger partial charge on any atom is -0.299 e. The Bertz CT molecular complexity index is 322. The van der Waals surface area contributed by atoms with Crippen LogP contribution in [0.4, 0.5) is 0 Å². The molecule has 0 spiro atoms. The highest BCUT2D eigenvalue weighted by atomic mass is 79.9. The van der Waals surface area contributed by atoms with Crippen LogP contribution in [0.15, 0.2) is 18.2 Å². The zero-order valence-corrected chi connectivity index (χ0v) is 11.6. The van der Waals surface area contributed by atoms with Crippen molar-refractivity contribution in [3.8, 4) is 0 Å². The van der Waals surface area contributed by atoms with Crippen LogP contribution >= 0.6 is 15.9 Å². The lowest BCUT2D eigenvalue weighted by Gasteiger charge is -2.23. The molecule has 0 aliphatic rings. The highest BCUT2D eigenvalue weighted by Crippen LogP contribution is 2.13. The number of hydrogen-bond acceptors (Lipinski definition) is 1. The fraction of sp³-hybridized carbons (Fsp3) is 0.538. The fourth-order valence-electron chi connectivity index (χ4n) is 1.46. The largest absolute Gasteiger partial charge is 0.299 e. The zero-order valence-electron chi connectivity index (χ0n) is 10.0. The van der Waals surface area contributed by atoms with Gasteiger partial charge in [0.1, 0.15) is 0 Å². The summed E-state index contributed by atoms with van der Waals surface area (Å²) < 4.78 is 0. The van der Waals surface area contributed by atoms with Crippen LogP contribution in [-0.4, -0.2) is 23.3 Å². The monoisotopic (exact) mass is 269 g/mol. The molecule has 0 bridgehead atoms. The van der Waals surface area contributed by atoms with E-state index in [4.69, 9.17) is 0 Å². The molecule has 0 saturated heterocycles. The van der Waals surface area contributed by atoms with Crippen molar-refractivity contribution in [1.29, 1.82) is 0 Å². The first-order valence-corrected chi connectivity index (χ1v) is 6.49. The van der Waals surface area contributed by atoms with E-state index in [-0.39, 0.29) is 0 Å².